The van der Waals surface area contributed by atoms with E-state index in [1.165, 1.54) is 0 Å². The number of esters is 1. The lowest BCUT2D eigenvalue weighted by molar-refractivity contribution is -0.147. The SMILES string of the molecule is O=C1OCCC12CC[CH]CC2. The van der Waals surface area contributed by atoms with Gasteiger partial charge in [-0.2, -0.15) is 0 Å². The minimum atomic E-state index is -0.0608. The van der Waals surface area contributed by atoms with Gasteiger partial charge in [0, 0.05) is 0 Å². The van der Waals surface area contributed by atoms with Gasteiger partial charge in [-0.3, -0.25) is 4.79 Å². The van der Waals surface area contributed by atoms with E-state index in [0.29, 0.717) is 6.61 Å². The lowest BCUT2D eigenvalue weighted by Crippen LogP contribution is -2.28. The van der Waals surface area contributed by atoms with Crippen LogP contribution < -0.4 is 0 Å². The van der Waals surface area contributed by atoms with Gasteiger partial charge in [0.1, 0.15) is 0 Å². The highest BCUT2D eigenvalue weighted by molar-refractivity contribution is 5.78. The van der Waals surface area contributed by atoms with Crippen LogP contribution in [0.4, 0.5) is 0 Å². The highest BCUT2D eigenvalue weighted by Crippen LogP contribution is 2.43. The van der Waals surface area contributed by atoms with Gasteiger partial charge in [-0.25, -0.2) is 0 Å². The highest BCUT2D eigenvalue weighted by Gasteiger charge is 2.44. The van der Waals surface area contributed by atoms with Gasteiger partial charge < -0.3 is 4.74 Å². The molecule has 1 saturated heterocycles. The molecule has 0 N–H and O–H groups in total. The number of carbonyl (C=O) groups excluding carboxylic acids is 1. The number of hydrogen-bond donors (Lipinski definition) is 0. The second kappa shape index (κ2) is 2.50. The third kappa shape index (κ3) is 1.05. The van der Waals surface area contributed by atoms with Crippen molar-refractivity contribution in [2.24, 2.45) is 5.41 Å². The third-order valence-corrected chi connectivity index (χ3v) is 2.90. The molecule has 2 rings (SSSR count). The zero-order chi connectivity index (χ0) is 7.73. The fourth-order valence-electron chi connectivity index (χ4n) is 2.07. The molecule has 2 heteroatoms. The maximum atomic E-state index is 11.3. The van der Waals surface area contributed by atoms with E-state index in [-0.39, 0.29) is 11.4 Å². The molecule has 2 fully saturated rings. The van der Waals surface area contributed by atoms with Gasteiger partial charge >= 0.3 is 5.97 Å². The van der Waals surface area contributed by atoms with Crippen molar-refractivity contribution in [3.8, 4) is 0 Å². The highest BCUT2D eigenvalue weighted by atomic mass is 16.5. The third-order valence-electron chi connectivity index (χ3n) is 2.90. The Morgan fingerprint density at radius 2 is 2.00 bits per heavy atom. The summed E-state index contributed by atoms with van der Waals surface area (Å²) in [6, 6.07) is 0. The Bertz CT molecular complexity index is 168. The van der Waals surface area contributed by atoms with E-state index >= 15 is 0 Å². The van der Waals surface area contributed by atoms with Crippen LogP contribution in [0.5, 0.6) is 0 Å². The standard InChI is InChI=1S/C9H13O2/c10-8-9(6-7-11-8)4-2-1-3-5-9/h1H,2-7H2. The largest absolute Gasteiger partial charge is 0.465 e. The molecule has 1 heterocycles. The molecule has 1 aliphatic heterocycles. The predicted molar refractivity (Wildman–Crippen MR) is 40.8 cm³/mol. The summed E-state index contributed by atoms with van der Waals surface area (Å²) in [6.07, 6.45) is 7.46. The van der Waals surface area contributed by atoms with Gasteiger partial charge in [-0.1, -0.05) is 0 Å². The van der Waals surface area contributed by atoms with Crippen LogP contribution in [-0.4, -0.2) is 12.6 Å². The predicted octanol–water partition coefficient (Wildman–Crippen LogP) is 1.70. The van der Waals surface area contributed by atoms with Crippen LogP contribution >= 0.6 is 0 Å². The molecule has 0 amide bonds. The van der Waals surface area contributed by atoms with Crippen molar-refractivity contribution in [2.75, 3.05) is 6.61 Å². The molecule has 2 nitrogen and oxygen atoms in total. The molecule has 1 saturated carbocycles. The topological polar surface area (TPSA) is 26.3 Å². The Morgan fingerprint density at radius 1 is 1.27 bits per heavy atom. The minimum absolute atomic E-state index is 0.0607. The number of ether oxygens (including phenoxy) is 1. The first-order valence-electron chi connectivity index (χ1n) is 4.32. The van der Waals surface area contributed by atoms with E-state index in [1.54, 1.807) is 0 Å². The fourth-order valence-corrected chi connectivity index (χ4v) is 2.07. The normalized spacial score (nSPS) is 28.9. The molecule has 1 radical (unpaired) electrons. The monoisotopic (exact) mass is 153 g/mol. The molecule has 2 aliphatic rings. The van der Waals surface area contributed by atoms with Crippen LogP contribution in [0.1, 0.15) is 32.1 Å². The fraction of sp³-hybridized carbons (Fsp3) is 0.778. The summed E-state index contributed by atoms with van der Waals surface area (Å²) >= 11 is 0. The van der Waals surface area contributed by atoms with Crippen molar-refractivity contribution in [1.29, 1.82) is 0 Å². The Morgan fingerprint density at radius 3 is 2.55 bits per heavy atom. The smallest absolute Gasteiger partial charge is 0.312 e. The number of carbonyl (C=O) groups is 1. The maximum absolute atomic E-state index is 11.3. The summed E-state index contributed by atoms with van der Waals surface area (Å²) in [5.74, 6) is 0.0607. The first kappa shape index (κ1) is 7.14. The molecule has 11 heavy (non-hydrogen) atoms. The second-order valence-corrected chi connectivity index (χ2v) is 3.53. The number of rotatable bonds is 0. The van der Waals surface area contributed by atoms with Gasteiger partial charge in [-0.15, -0.1) is 0 Å². The van der Waals surface area contributed by atoms with Crippen molar-refractivity contribution in [1.82, 2.24) is 0 Å². The average molecular weight is 153 g/mol. The molecule has 61 valence electrons. The van der Waals surface area contributed by atoms with Gasteiger partial charge in [0.25, 0.3) is 0 Å². The van der Waals surface area contributed by atoms with Crippen molar-refractivity contribution < 1.29 is 9.53 Å². The molecular formula is C9H13O2. The lowest BCUT2D eigenvalue weighted by atomic mass is 9.73. The first-order valence-corrected chi connectivity index (χ1v) is 4.32. The summed E-state index contributed by atoms with van der Waals surface area (Å²) in [5.41, 5.74) is -0.0608. The van der Waals surface area contributed by atoms with Crippen LogP contribution in [-0.2, 0) is 9.53 Å². The van der Waals surface area contributed by atoms with E-state index in [2.05, 4.69) is 6.42 Å². The van der Waals surface area contributed by atoms with E-state index in [0.717, 1.165) is 32.1 Å². The van der Waals surface area contributed by atoms with Crippen LogP contribution in [0.25, 0.3) is 0 Å². The molecule has 0 aromatic carbocycles. The van der Waals surface area contributed by atoms with Gasteiger partial charge in [-0.05, 0) is 38.5 Å². The molecule has 0 aromatic heterocycles. The van der Waals surface area contributed by atoms with Crippen molar-refractivity contribution in [3.05, 3.63) is 6.42 Å². The van der Waals surface area contributed by atoms with Crippen molar-refractivity contribution in [2.45, 2.75) is 32.1 Å². The average Bonchev–Trinajstić information content (AvgIpc) is 2.36. The van der Waals surface area contributed by atoms with Crippen LogP contribution in [0.15, 0.2) is 0 Å². The zero-order valence-corrected chi connectivity index (χ0v) is 6.64. The van der Waals surface area contributed by atoms with E-state index in [9.17, 15) is 4.79 Å². The van der Waals surface area contributed by atoms with Gasteiger partial charge in [0.15, 0.2) is 0 Å². The van der Waals surface area contributed by atoms with Crippen LogP contribution in [0.3, 0.4) is 0 Å². The summed E-state index contributed by atoms with van der Waals surface area (Å²) in [7, 11) is 0. The maximum Gasteiger partial charge on any atom is 0.312 e. The van der Waals surface area contributed by atoms with E-state index in [1.807, 2.05) is 0 Å². The number of hydrogen-bond acceptors (Lipinski definition) is 2. The Labute approximate surface area is 66.9 Å². The Kier molecular flexibility index (Phi) is 1.63. The van der Waals surface area contributed by atoms with Gasteiger partial charge in [0.2, 0.25) is 0 Å². The second-order valence-electron chi connectivity index (χ2n) is 3.53. The van der Waals surface area contributed by atoms with Crippen LogP contribution in [0, 0.1) is 11.8 Å². The molecule has 0 atom stereocenters. The molecular weight excluding hydrogens is 140 g/mol. The van der Waals surface area contributed by atoms with Crippen LogP contribution in [0.2, 0.25) is 0 Å². The molecule has 1 aliphatic carbocycles. The Balaban J connectivity index is 2.12. The Hall–Kier alpha value is -0.530. The van der Waals surface area contributed by atoms with Crippen molar-refractivity contribution >= 4 is 5.97 Å². The van der Waals surface area contributed by atoms with Crippen molar-refractivity contribution in [3.63, 3.8) is 0 Å². The number of cyclic esters (lactones) is 1. The summed E-state index contributed by atoms with van der Waals surface area (Å²) in [4.78, 5) is 11.3. The molecule has 0 aromatic rings. The molecule has 0 unspecified atom stereocenters. The lowest BCUT2D eigenvalue weighted by Gasteiger charge is -2.28. The summed E-state index contributed by atoms with van der Waals surface area (Å²) in [6.45, 7) is 0.652. The van der Waals surface area contributed by atoms with E-state index in [4.69, 9.17) is 4.74 Å². The minimum Gasteiger partial charge on any atom is -0.465 e. The first-order chi connectivity index (χ1) is 5.33. The van der Waals surface area contributed by atoms with E-state index < -0.39 is 0 Å². The van der Waals surface area contributed by atoms with Gasteiger partial charge in [0.05, 0.1) is 12.0 Å². The molecule has 1 spiro atoms. The summed E-state index contributed by atoms with van der Waals surface area (Å²) in [5, 5.41) is 0. The molecule has 0 bridgehead atoms. The zero-order valence-electron chi connectivity index (χ0n) is 6.64. The summed E-state index contributed by atoms with van der Waals surface area (Å²) < 4.78 is 4.99. The quantitative estimate of drug-likeness (QED) is 0.495.